The molecule has 0 radical (unpaired) electrons. The van der Waals surface area contributed by atoms with Crippen molar-refractivity contribution in [3.63, 3.8) is 0 Å². The van der Waals surface area contributed by atoms with Gasteiger partial charge in [0.25, 0.3) is 0 Å². The van der Waals surface area contributed by atoms with Crippen LogP contribution in [-0.4, -0.2) is 36.5 Å². The maximum atomic E-state index is 12.1. The standard InChI is InChI=1S/C16H23N3O/c1-4-19(5-2)16(20)13(3)18-12-15(11-17)14-9-7-6-8-10-14/h6-10,13,15,18H,4-5,12H2,1-3H3. The summed E-state index contributed by atoms with van der Waals surface area (Å²) in [5, 5.41) is 12.4. The van der Waals surface area contributed by atoms with Crippen LogP contribution in [0.2, 0.25) is 0 Å². The topological polar surface area (TPSA) is 56.1 Å². The summed E-state index contributed by atoms with van der Waals surface area (Å²) >= 11 is 0. The van der Waals surface area contributed by atoms with Gasteiger partial charge in [-0.15, -0.1) is 0 Å². The fraction of sp³-hybridized carbons (Fsp3) is 0.500. The summed E-state index contributed by atoms with van der Waals surface area (Å²) in [7, 11) is 0. The Kier molecular flexibility index (Phi) is 6.75. The number of amides is 1. The summed E-state index contributed by atoms with van der Waals surface area (Å²) in [5.41, 5.74) is 0.977. The van der Waals surface area contributed by atoms with Gasteiger partial charge in [0, 0.05) is 19.6 Å². The molecule has 1 N–H and O–H groups in total. The molecule has 0 saturated heterocycles. The fourth-order valence-electron chi connectivity index (χ4n) is 2.11. The molecule has 108 valence electrons. The van der Waals surface area contributed by atoms with E-state index in [1.807, 2.05) is 51.1 Å². The fourth-order valence-corrected chi connectivity index (χ4v) is 2.11. The normalized spacial score (nSPS) is 13.3. The molecule has 0 bridgehead atoms. The SMILES string of the molecule is CCN(CC)C(=O)C(C)NCC(C#N)c1ccccc1. The number of rotatable bonds is 7. The molecular formula is C16H23N3O. The van der Waals surface area contributed by atoms with E-state index in [2.05, 4.69) is 11.4 Å². The monoisotopic (exact) mass is 273 g/mol. The molecule has 0 fully saturated rings. The average molecular weight is 273 g/mol. The van der Waals surface area contributed by atoms with Crippen LogP contribution in [0.4, 0.5) is 0 Å². The Morgan fingerprint density at radius 2 is 1.90 bits per heavy atom. The molecule has 1 aromatic carbocycles. The summed E-state index contributed by atoms with van der Waals surface area (Å²) in [6.45, 7) is 7.69. The molecule has 0 aliphatic rings. The van der Waals surface area contributed by atoms with Crippen molar-refractivity contribution in [2.75, 3.05) is 19.6 Å². The van der Waals surface area contributed by atoms with E-state index in [0.29, 0.717) is 19.6 Å². The summed E-state index contributed by atoms with van der Waals surface area (Å²) in [4.78, 5) is 13.9. The Balaban J connectivity index is 2.57. The van der Waals surface area contributed by atoms with Crippen molar-refractivity contribution in [1.29, 1.82) is 5.26 Å². The molecule has 0 aliphatic carbocycles. The van der Waals surface area contributed by atoms with Gasteiger partial charge in [-0.05, 0) is 26.3 Å². The number of nitriles is 1. The zero-order chi connectivity index (χ0) is 15.0. The number of carbonyl (C=O) groups is 1. The van der Waals surface area contributed by atoms with Crippen LogP contribution in [0.25, 0.3) is 0 Å². The van der Waals surface area contributed by atoms with Crippen molar-refractivity contribution in [1.82, 2.24) is 10.2 Å². The van der Waals surface area contributed by atoms with Crippen molar-refractivity contribution < 1.29 is 4.79 Å². The maximum Gasteiger partial charge on any atom is 0.239 e. The number of nitrogens with one attached hydrogen (secondary N) is 1. The molecule has 0 saturated carbocycles. The Morgan fingerprint density at radius 1 is 1.30 bits per heavy atom. The van der Waals surface area contributed by atoms with Crippen LogP contribution >= 0.6 is 0 Å². The Morgan fingerprint density at radius 3 is 2.40 bits per heavy atom. The predicted molar refractivity (Wildman–Crippen MR) is 80.2 cm³/mol. The van der Waals surface area contributed by atoms with Gasteiger partial charge in [0.1, 0.15) is 0 Å². The number of nitrogens with zero attached hydrogens (tertiary/aromatic N) is 2. The molecule has 4 heteroatoms. The number of hydrogen-bond donors (Lipinski definition) is 1. The van der Waals surface area contributed by atoms with E-state index >= 15 is 0 Å². The lowest BCUT2D eigenvalue weighted by Gasteiger charge is -2.24. The van der Waals surface area contributed by atoms with E-state index in [0.717, 1.165) is 5.56 Å². The van der Waals surface area contributed by atoms with Crippen LogP contribution in [-0.2, 0) is 4.79 Å². The summed E-state index contributed by atoms with van der Waals surface area (Å²) < 4.78 is 0. The van der Waals surface area contributed by atoms with Crippen LogP contribution in [0.3, 0.4) is 0 Å². The minimum absolute atomic E-state index is 0.0831. The third-order valence-electron chi connectivity index (χ3n) is 3.43. The van der Waals surface area contributed by atoms with E-state index in [-0.39, 0.29) is 17.9 Å². The molecule has 2 atom stereocenters. The third-order valence-corrected chi connectivity index (χ3v) is 3.43. The molecular weight excluding hydrogens is 250 g/mol. The second-order valence-corrected chi connectivity index (χ2v) is 4.73. The lowest BCUT2D eigenvalue weighted by Crippen LogP contribution is -2.45. The van der Waals surface area contributed by atoms with E-state index in [1.54, 1.807) is 4.90 Å². The number of benzene rings is 1. The Bertz CT molecular complexity index is 449. The largest absolute Gasteiger partial charge is 0.342 e. The second-order valence-electron chi connectivity index (χ2n) is 4.73. The van der Waals surface area contributed by atoms with Gasteiger partial charge in [-0.25, -0.2) is 0 Å². The van der Waals surface area contributed by atoms with Crippen LogP contribution in [0.5, 0.6) is 0 Å². The van der Waals surface area contributed by atoms with Crippen molar-refractivity contribution in [2.45, 2.75) is 32.7 Å². The average Bonchev–Trinajstić information content (AvgIpc) is 2.49. The summed E-state index contributed by atoms with van der Waals surface area (Å²) in [5.74, 6) is -0.150. The van der Waals surface area contributed by atoms with E-state index in [4.69, 9.17) is 0 Å². The van der Waals surface area contributed by atoms with Gasteiger partial charge in [0.05, 0.1) is 18.0 Å². The van der Waals surface area contributed by atoms with Crippen LogP contribution in [0.1, 0.15) is 32.3 Å². The molecule has 2 unspecified atom stereocenters. The number of carbonyl (C=O) groups excluding carboxylic acids is 1. The van der Waals surface area contributed by atoms with Gasteiger partial charge in [0.2, 0.25) is 5.91 Å². The quantitative estimate of drug-likeness (QED) is 0.828. The molecule has 0 aliphatic heterocycles. The summed E-state index contributed by atoms with van der Waals surface area (Å²) in [6, 6.07) is 11.7. The Hall–Kier alpha value is -1.86. The Labute approximate surface area is 121 Å². The highest BCUT2D eigenvalue weighted by Gasteiger charge is 2.19. The van der Waals surface area contributed by atoms with Crippen molar-refractivity contribution >= 4 is 5.91 Å². The zero-order valence-corrected chi connectivity index (χ0v) is 12.5. The minimum Gasteiger partial charge on any atom is -0.342 e. The van der Waals surface area contributed by atoms with Crippen LogP contribution in [0.15, 0.2) is 30.3 Å². The predicted octanol–water partition coefficient (Wildman–Crippen LogP) is 2.14. The number of hydrogen-bond acceptors (Lipinski definition) is 3. The molecule has 20 heavy (non-hydrogen) atoms. The molecule has 1 rings (SSSR count). The van der Waals surface area contributed by atoms with Gasteiger partial charge in [-0.1, -0.05) is 30.3 Å². The second kappa shape index (κ2) is 8.34. The van der Waals surface area contributed by atoms with Gasteiger partial charge < -0.3 is 10.2 Å². The van der Waals surface area contributed by atoms with Crippen LogP contribution < -0.4 is 5.32 Å². The van der Waals surface area contributed by atoms with Gasteiger partial charge in [-0.3, -0.25) is 4.79 Å². The molecule has 0 heterocycles. The zero-order valence-electron chi connectivity index (χ0n) is 12.5. The highest BCUT2D eigenvalue weighted by atomic mass is 16.2. The van der Waals surface area contributed by atoms with Crippen molar-refractivity contribution in [3.05, 3.63) is 35.9 Å². The van der Waals surface area contributed by atoms with Crippen molar-refractivity contribution in [2.24, 2.45) is 0 Å². The molecule has 4 nitrogen and oxygen atoms in total. The first-order chi connectivity index (χ1) is 9.63. The maximum absolute atomic E-state index is 12.1. The molecule has 1 aromatic rings. The van der Waals surface area contributed by atoms with Gasteiger partial charge >= 0.3 is 0 Å². The highest BCUT2D eigenvalue weighted by Crippen LogP contribution is 2.13. The molecule has 1 amide bonds. The van der Waals surface area contributed by atoms with Crippen molar-refractivity contribution in [3.8, 4) is 6.07 Å². The van der Waals surface area contributed by atoms with Crippen LogP contribution in [0, 0.1) is 11.3 Å². The van der Waals surface area contributed by atoms with E-state index in [9.17, 15) is 10.1 Å². The first-order valence-corrected chi connectivity index (χ1v) is 7.10. The van der Waals surface area contributed by atoms with E-state index < -0.39 is 0 Å². The summed E-state index contributed by atoms with van der Waals surface area (Å²) in [6.07, 6.45) is 0. The third kappa shape index (κ3) is 4.36. The lowest BCUT2D eigenvalue weighted by atomic mass is 10.0. The minimum atomic E-state index is -0.269. The van der Waals surface area contributed by atoms with Gasteiger partial charge in [-0.2, -0.15) is 5.26 Å². The first-order valence-electron chi connectivity index (χ1n) is 7.10. The lowest BCUT2D eigenvalue weighted by molar-refractivity contribution is -0.132. The number of likely N-dealkylation sites (N-methyl/N-ethyl adjacent to an activating group) is 1. The highest BCUT2D eigenvalue weighted by molar-refractivity contribution is 5.81. The molecule has 0 spiro atoms. The van der Waals surface area contributed by atoms with Gasteiger partial charge in [0.15, 0.2) is 0 Å². The first kappa shape index (κ1) is 16.2. The smallest absolute Gasteiger partial charge is 0.239 e. The molecule has 0 aromatic heterocycles. The van der Waals surface area contributed by atoms with E-state index in [1.165, 1.54) is 0 Å².